The molecular weight excluding hydrogens is 360 g/mol. The predicted molar refractivity (Wildman–Crippen MR) is 94.8 cm³/mol. The van der Waals surface area contributed by atoms with E-state index in [9.17, 15) is 13.2 Å². The molecule has 1 amide bonds. The number of rotatable bonds is 2. The second kappa shape index (κ2) is 6.12. The minimum atomic E-state index is -3.77. The van der Waals surface area contributed by atoms with E-state index < -0.39 is 10.0 Å². The van der Waals surface area contributed by atoms with Crippen molar-refractivity contribution in [3.63, 3.8) is 0 Å². The number of piperazine rings is 1. The number of hydrogen-bond acceptors (Lipinski definition) is 3. The van der Waals surface area contributed by atoms with Gasteiger partial charge < -0.3 is 4.90 Å². The lowest BCUT2D eigenvalue weighted by Crippen LogP contribution is -2.55. The van der Waals surface area contributed by atoms with E-state index >= 15 is 0 Å². The minimum Gasteiger partial charge on any atom is -0.333 e. The van der Waals surface area contributed by atoms with E-state index in [1.165, 1.54) is 22.0 Å². The highest BCUT2D eigenvalue weighted by molar-refractivity contribution is 7.89. The standard InChI is InChI=1S/C18H17ClN2O3S/c19-14-5-3-6-15(10-14)25(23,24)20-11-17-16-7-2-1-4-13(16)8-9-21(17)18(22)12-20/h1-7,10,17H,8-9,11-12H2/t17-/m1/s1. The highest BCUT2D eigenvalue weighted by Gasteiger charge is 2.41. The van der Waals surface area contributed by atoms with Crippen molar-refractivity contribution in [2.75, 3.05) is 19.6 Å². The molecule has 4 rings (SSSR count). The van der Waals surface area contributed by atoms with Crippen molar-refractivity contribution in [3.05, 3.63) is 64.7 Å². The molecule has 2 aliphatic heterocycles. The fourth-order valence-electron chi connectivity index (χ4n) is 3.61. The quantitative estimate of drug-likeness (QED) is 0.809. The molecule has 2 heterocycles. The van der Waals surface area contributed by atoms with Gasteiger partial charge >= 0.3 is 0 Å². The Balaban J connectivity index is 1.71. The van der Waals surface area contributed by atoms with Crippen molar-refractivity contribution in [2.45, 2.75) is 17.4 Å². The van der Waals surface area contributed by atoms with Gasteiger partial charge in [-0.15, -0.1) is 0 Å². The van der Waals surface area contributed by atoms with Gasteiger partial charge in [-0.2, -0.15) is 4.31 Å². The highest BCUT2D eigenvalue weighted by atomic mass is 35.5. The van der Waals surface area contributed by atoms with Crippen LogP contribution in [0.2, 0.25) is 5.02 Å². The van der Waals surface area contributed by atoms with E-state index in [1.807, 2.05) is 24.3 Å². The van der Waals surface area contributed by atoms with Crippen molar-refractivity contribution >= 4 is 27.5 Å². The van der Waals surface area contributed by atoms with Crippen molar-refractivity contribution in [1.29, 1.82) is 0 Å². The highest BCUT2D eigenvalue weighted by Crippen LogP contribution is 2.34. The average Bonchev–Trinajstić information content (AvgIpc) is 2.61. The summed E-state index contributed by atoms with van der Waals surface area (Å²) >= 11 is 5.94. The fourth-order valence-corrected chi connectivity index (χ4v) is 5.30. The molecule has 0 spiro atoms. The molecule has 0 saturated carbocycles. The predicted octanol–water partition coefficient (Wildman–Crippen LogP) is 2.47. The molecule has 0 bridgehead atoms. The van der Waals surface area contributed by atoms with Crippen LogP contribution in [0.3, 0.4) is 0 Å². The van der Waals surface area contributed by atoms with Gasteiger partial charge in [-0.3, -0.25) is 4.79 Å². The molecule has 0 radical (unpaired) electrons. The number of halogens is 1. The van der Waals surface area contributed by atoms with Crippen LogP contribution in [-0.4, -0.2) is 43.2 Å². The number of fused-ring (bicyclic) bond motifs is 3. The Kier molecular flexibility index (Phi) is 4.06. The maximum Gasteiger partial charge on any atom is 0.243 e. The lowest BCUT2D eigenvalue weighted by atomic mass is 9.91. The summed E-state index contributed by atoms with van der Waals surface area (Å²) in [5, 5.41) is 0.356. The van der Waals surface area contributed by atoms with Crippen LogP contribution in [0.25, 0.3) is 0 Å². The second-order valence-electron chi connectivity index (χ2n) is 6.31. The molecule has 2 aromatic rings. The zero-order valence-corrected chi connectivity index (χ0v) is 15.0. The third kappa shape index (κ3) is 2.84. The first-order valence-corrected chi connectivity index (χ1v) is 9.91. The van der Waals surface area contributed by atoms with Crippen LogP contribution in [0.1, 0.15) is 17.2 Å². The summed E-state index contributed by atoms with van der Waals surface area (Å²) in [5.41, 5.74) is 2.21. The third-order valence-corrected chi connectivity index (χ3v) is 6.90. The van der Waals surface area contributed by atoms with E-state index in [1.54, 1.807) is 17.0 Å². The number of nitrogens with zero attached hydrogens (tertiary/aromatic N) is 2. The third-order valence-electron chi connectivity index (χ3n) is 4.85. The summed E-state index contributed by atoms with van der Waals surface area (Å²) in [6, 6.07) is 13.8. The van der Waals surface area contributed by atoms with Crippen LogP contribution in [0.15, 0.2) is 53.4 Å². The van der Waals surface area contributed by atoms with Crippen LogP contribution >= 0.6 is 11.6 Å². The Labute approximate surface area is 151 Å². The molecule has 1 fully saturated rings. The first kappa shape index (κ1) is 16.6. The molecule has 2 aliphatic rings. The molecule has 2 aromatic carbocycles. The molecule has 25 heavy (non-hydrogen) atoms. The minimum absolute atomic E-state index is 0.116. The first-order valence-electron chi connectivity index (χ1n) is 8.10. The van der Waals surface area contributed by atoms with Gasteiger partial charge in [-0.05, 0) is 35.7 Å². The second-order valence-corrected chi connectivity index (χ2v) is 8.68. The SMILES string of the molecule is O=C1CN(S(=O)(=O)c2cccc(Cl)c2)C[C@@H]2c3ccccc3CCN12. The van der Waals surface area contributed by atoms with E-state index in [0.29, 0.717) is 11.6 Å². The summed E-state index contributed by atoms with van der Waals surface area (Å²) in [6.07, 6.45) is 0.805. The van der Waals surface area contributed by atoms with Gasteiger partial charge in [0.05, 0.1) is 17.5 Å². The van der Waals surface area contributed by atoms with Crippen LogP contribution in [0, 0.1) is 0 Å². The van der Waals surface area contributed by atoms with E-state index in [-0.39, 0.29) is 29.9 Å². The van der Waals surface area contributed by atoms with Crippen molar-refractivity contribution in [2.24, 2.45) is 0 Å². The molecular formula is C18H17ClN2O3S. The lowest BCUT2D eigenvalue weighted by Gasteiger charge is -2.44. The van der Waals surface area contributed by atoms with Gasteiger partial charge in [0.1, 0.15) is 0 Å². The van der Waals surface area contributed by atoms with Gasteiger partial charge in [0.25, 0.3) is 0 Å². The zero-order valence-electron chi connectivity index (χ0n) is 13.4. The molecule has 0 N–H and O–H groups in total. The fraction of sp³-hybridized carbons (Fsp3) is 0.278. The summed E-state index contributed by atoms with van der Waals surface area (Å²) in [4.78, 5) is 14.5. The summed E-state index contributed by atoms with van der Waals surface area (Å²) in [6.45, 7) is 0.761. The smallest absolute Gasteiger partial charge is 0.243 e. The van der Waals surface area contributed by atoms with Crippen LogP contribution in [0.5, 0.6) is 0 Å². The maximum atomic E-state index is 13.0. The molecule has 0 unspecified atom stereocenters. The van der Waals surface area contributed by atoms with Crippen molar-refractivity contribution < 1.29 is 13.2 Å². The van der Waals surface area contributed by atoms with Gasteiger partial charge in [-0.1, -0.05) is 41.9 Å². The van der Waals surface area contributed by atoms with E-state index in [2.05, 4.69) is 0 Å². The Morgan fingerprint density at radius 1 is 1.08 bits per heavy atom. The van der Waals surface area contributed by atoms with Crippen LogP contribution in [-0.2, 0) is 21.2 Å². The Bertz CT molecular complexity index is 945. The molecule has 5 nitrogen and oxygen atoms in total. The molecule has 130 valence electrons. The Morgan fingerprint density at radius 2 is 1.88 bits per heavy atom. The summed E-state index contributed by atoms with van der Waals surface area (Å²) in [7, 11) is -3.77. The number of sulfonamides is 1. The number of hydrogen-bond donors (Lipinski definition) is 0. The molecule has 1 atom stereocenters. The van der Waals surface area contributed by atoms with E-state index in [0.717, 1.165) is 12.0 Å². The Morgan fingerprint density at radius 3 is 2.68 bits per heavy atom. The van der Waals surface area contributed by atoms with Gasteiger partial charge in [0.15, 0.2) is 0 Å². The topological polar surface area (TPSA) is 57.7 Å². The summed E-state index contributed by atoms with van der Waals surface area (Å²) < 4.78 is 27.2. The van der Waals surface area contributed by atoms with Crippen LogP contribution < -0.4 is 0 Å². The zero-order chi connectivity index (χ0) is 17.6. The average molecular weight is 377 g/mol. The van der Waals surface area contributed by atoms with Gasteiger partial charge in [0, 0.05) is 18.1 Å². The van der Waals surface area contributed by atoms with Crippen molar-refractivity contribution in [3.8, 4) is 0 Å². The first-order chi connectivity index (χ1) is 12.0. The lowest BCUT2D eigenvalue weighted by molar-refractivity contribution is -0.138. The monoisotopic (exact) mass is 376 g/mol. The van der Waals surface area contributed by atoms with Crippen molar-refractivity contribution in [1.82, 2.24) is 9.21 Å². The van der Waals surface area contributed by atoms with Gasteiger partial charge in [0.2, 0.25) is 15.9 Å². The normalized spacial score (nSPS) is 20.9. The molecule has 1 saturated heterocycles. The maximum absolute atomic E-state index is 13.0. The molecule has 0 aromatic heterocycles. The molecule has 7 heteroatoms. The van der Waals surface area contributed by atoms with Crippen LogP contribution in [0.4, 0.5) is 0 Å². The van der Waals surface area contributed by atoms with Gasteiger partial charge in [-0.25, -0.2) is 8.42 Å². The largest absolute Gasteiger partial charge is 0.333 e. The molecule has 0 aliphatic carbocycles. The Hall–Kier alpha value is -1.89. The number of carbonyl (C=O) groups excluding carboxylic acids is 1. The number of amides is 1. The number of carbonyl (C=O) groups is 1. The van der Waals surface area contributed by atoms with E-state index in [4.69, 9.17) is 11.6 Å². The number of benzene rings is 2. The summed E-state index contributed by atoms with van der Waals surface area (Å²) in [5.74, 6) is -0.156.